The number of hydrogen-bond acceptors (Lipinski definition) is 2. The van der Waals surface area contributed by atoms with Crippen molar-refractivity contribution in [2.24, 2.45) is 0 Å². The Bertz CT molecular complexity index is 634. The quantitative estimate of drug-likeness (QED) is 0.914. The second-order valence-corrected chi connectivity index (χ2v) is 4.23. The zero-order valence-electron chi connectivity index (χ0n) is 10.4. The molecule has 0 bridgehead atoms. The van der Waals surface area contributed by atoms with Gasteiger partial charge in [-0.15, -0.1) is 0 Å². The van der Waals surface area contributed by atoms with E-state index in [0.717, 1.165) is 5.56 Å². The predicted molar refractivity (Wildman–Crippen MR) is 69.3 cm³/mol. The summed E-state index contributed by atoms with van der Waals surface area (Å²) < 4.78 is 12.8. The number of hydrogen-bond donors (Lipinski definition) is 1. The second kappa shape index (κ2) is 5.48. The van der Waals surface area contributed by atoms with Gasteiger partial charge >= 0.3 is 0 Å². The van der Waals surface area contributed by atoms with Gasteiger partial charge in [-0.1, -0.05) is 12.1 Å². The summed E-state index contributed by atoms with van der Waals surface area (Å²) in [6.45, 7) is 0.353. The Morgan fingerprint density at radius 2 is 1.95 bits per heavy atom. The van der Waals surface area contributed by atoms with Crippen molar-refractivity contribution in [1.82, 2.24) is 9.88 Å². The molecule has 0 unspecified atom stereocenters. The van der Waals surface area contributed by atoms with E-state index in [9.17, 15) is 14.0 Å². The first kappa shape index (κ1) is 13.0. The van der Waals surface area contributed by atoms with Crippen LogP contribution in [0.5, 0.6) is 0 Å². The molecule has 0 atom stereocenters. The van der Waals surface area contributed by atoms with Crippen LogP contribution in [-0.4, -0.2) is 22.8 Å². The van der Waals surface area contributed by atoms with Crippen molar-refractivity contribution in [2.45, 2.75) is 6.54 Å². The van der Waals surface area contributed by atoms with Crippen molar-refractivity contribution in [3.8, 4) is 0 Å². The second-order valence-electron chi connectivity index (χ2n) is 4.23. The third-order valence-electron chi connectivity index (χ3n) is 2.70. The molecule has 2 rings (SSSR count). The van der Waals surface area contributed by atoms with Crippen LogP contribution in [0.15, 0.2) is 47.4 Å². The number of nitrogens with zero attached hydrogens (tertiary/aromatic N) is 1. The summed E-state index contributed by atoms with van der Waals surface area (Å²) in [5.41, 5.74) is 0.830. The SMILES string of the molecule is CN(Cc1ccc(F)cc1)C(=O)c1cc[nH]c(=O)c1. The highest BCUT2D eigenvalue weighted by molar-refractivity contribution is 5.93. The Labute approximate surface area is 109 Å². The van der Waals surface area contributed by atoms with Gasteiger partial charge in [-0.25, -0.2) is 4.39 Å². The molecule has 0 aliphatic rings. The van der Waals surface area contributed by atoms with Crippen molar-refractivity contribution in [3.05, 3.63) is 69.9 Å². The van der Waals surface area contributed by atoms with Crippen LogP contribution in [0.4, 0.5) is 4.39 Å². The maximum atomic E-state index is 12.8. The van der Waals surface area contributed by atoms with Crippen LogP contribution in [0.3, 0.4) is 0 Å². The molecule has 0 aliphatic carbocycles. The van der Waals surface area contributed by atoms with Crippen LogP contribution in [-0.2, 0) is 6.54 Å². The van der Waals surface area contributed by atoms with Crippen molar-refractivity contribution in [2.75, 3.05) is 7.05 Å². The molecule has 1 amide bonds. The van der Waals surface area contributed by atoms with Crippen LogP contribution in [0, 0.1) is 5.82 Å². The molecule has 0 saturated carbocycles. The number of carbonyl (C=O) groups is 1. The van der Waals surface area contributed by atoms with Crippen molar-refractivity contribution < 1.29 is 9.18 Å². The molecule has 0 radical (unpaired) electrons. The van der Waals surface area contributed by atoms with Gasteiger partial charge in [0.15, 0.2) is 0 Å². The summed E-state index contributed by atoms with van der Waals surface area (Å²) in [5.74, 6) is -0.567. The standard InChI is InChI=1S/C14H13FN2O2/c1-17(9-10-2-4-12(15)5-3-10)14(19)11-6-7-16-13(18)8-11/h2-8H,9H2,1H3,(H,16,18). The Morgan fingerprint density at radius 1 is 1.26 bits per heavy atom. The lowest BCUT2D eigenvalue weighted by Crippen LogP contribution is -2.27. The highest BCUT2D eigenvalue weighted by Gasteiger charge is 2.12. The third-order valence-corrected chi connectivity index (χ3v) is 2.70. The fourth-order valence-electron chi connectivity index (χ4n) is 1.73. The Hall–Kier alpha value is -2.43. The lowest BCUT2D eigenvalue weighted by Gasteiger charge is -2.17. The third kappa shape index (κ3) is 3.28. The molecular weight excluding hydrogens is 247 g/mol. The number of benzene rings is 1. The minimum absolute atomic E-state index is 0.254. The number of aromatic nitrogens is 1. The van der Waals surface area contributed by atoms with Gasteiger partial charge in [-0.05, 0) is 23.8 Å². The van der Waals surface area contributed by atoms with Crippen LogP contribution < -0.4 is 5.56 Å². The topological polar surface area (TPSA) is 53.2 Å². The molecule has 4 nitrogen and oxygen atoms in total. The van der Waals surface area contributed by atoms with E-state index in [2.05, 4.69) is 4.98 Å². The molecule has 1 N–H and O–H groups in total. The molecule has 19 heavy (non-hydrogen) atoms. The average Bonchev–Trinajstić information content (AvgIpc) is 2.40. The van der Waals surface area contributed by atoms with E-state index in [4.69, 9.17) is 0 Å². The Kier molecular flexibility index (Phi) is 3.75. The molecular formula is C14H13FN2O2. The maximum absolute atomic E-state index is 12.8. The van der Waals surface area contributed by atoms with Gasteiger partial charge < -0.3 is 9.88 Å². The summed E-state index contributed by atoms with van der Waals surface area (Å²) in [6.07, 6.45) is 1.43. The number of nitrogens with one attached hydrogen (secondary N) is 1. The van der Waals surface area contributed by atoms with Gasteiger partial charge in [-0.3, -0.25) is 9.59 Å². The molecule has 1 aromatic carbocycles. The lowest BCUT2D eigenvalue weighted by atomic mass is 10.2. The zero-order chi connectivity index (χ0) is 13.8. The van der Waals surface area contributed by atoms with Crippen LogP contribution in [0.25, 0.3) is 0 Å². The molecule has 98 valence electrons. The summed E-state index contributed by atoms with van der Waals surface area (Å²) in [7, 11) is 1.63. The van der Waals surface area contributed by atoms with Gasteiger partial charge in [0.05, 0.1) is 0 Å². The van der Waals surface area contributed by atoms with Crippen LogP contribution in [0.2, 0.25) is 0 Å². The maximum Gasteiger partial charge on any atom is 0.254 e. The number of H-pyrrole nitrogens is 1. The number of aromatic amines is 1. The first-order valence-corrected chi connectivity index (χ1v) is 5.75. The summed E-state index contributed by atoms with van der Waals surface area (Å²) in [6, 6.07) is 8.74. The minimum Gasteiger partial charge on any atom is -0.337 e. The molecule has 0 spiro atoms. The molecule has 1 aromatic heterocycles. The van der Waals surface area contributed by atoms with Gasteiger partial charge in [0.2, 0.25) is 5.56 Å². The molecule has 2 aromatic rings. The Morgan fingerprint density at radius 3 is 2.58 bits per heavy atom. The fraction of sp³-hybridized carbons (Fsp3) is 0.143. The van der Waals surface area contributed by atoms with E-state index in [1.807, 2.05) is 0 Å². The average molecular weight is 260 g/mol. The van der Waals surface area contributed by atoms with E-state index in [1.54, 1.807) is 25.2 Å². The van der Waals surface area contributed by atoms with E-state index in [1.165, 1.54) is 29.3 Å². The number of amides is 1. The molecule has 0 saturated heterocycles. The zero-order valence-corrected chi connectivity index (χ0v) is 10.4. The largest absolute Gasteiger partial charge is 0.337 e. The highest BCUT2D eigenvalue weighted by Crippen LogP contribution is 2.08. The van der Waals surface area contributed by atoms with E-state index >= 15 is 0 Å². The van der Waals surface area contributed by atoms with Gasteiger partial charge in [-0.2, -0.15) is 0 Å². The first-order valence-electron chi connectivity index (χ1n) is 5.75. The van der Waals surface area contributed by atoms with Crippen LogP contribution in [0.1, 0.15) is 15.9 Å². The smallest absolute Gasteiger partial charge is 0.254 e. The number of carbonyl (C=O) groups excluding carboxylic acids is 1. The summed E-state index contributed by atoms with van der Waals surface area (Å²) >= 11 is 0. The van der Waals surface area contributed by atoms with Gasteiger partial charge in [0.1, 0.15) is 5.82 Å². The summed E-state index contributed by atoms with van der Waals surface area (Å²) in [5, 5.41) is 0. The monoisotopic (exact) mass is 260 g/mol. The van der Waals surface area contributed by atoms with E-state index < -0.39 is 0 Å². The van der Waals surface area contributed by atoms with Gasteiger partial charge in [0.25, 0.3) is 5.91 Å². The molecule has 1 heterocycles. The fourth-order valence-corrected chi connectivity index (χ4v) is 1.73. The van der Waals surface area contributed by atoms with E-state index in [0.29, 0.717) is 12.1 Å². The first-order chi connectivity index (χ1) is 9.06. The lowest BCUT2D eigenvalue weighted by molar-refractivity contribution is 0.0785. The highest BCUT2D eigenvalue weighted by atomic mass is 19.1. The molecule has 0 aliphatic heterocycles. The number of rotatable bonds is 3. The van der Waals surface area contributed by atoms with Crippen LogP contribution >= 0.6 is 0 Å². The normalized spacial score (nSPS) is 10.2. The van der Waals surface area contributed by atoms with Crippen molar-refractivity contribution in [1.29, 1.82) is 0 Å². The van der Waals surface area contributed by atoms with E-state index in [-0.39, 0.29) is 17.3 Å². The Balaban J connectivity index is 2.11. The number of halogens is 1. The molecule has 0 fully saturated rings. The van der Waals surface area contributed by atoms with Crippen molar-refractivity contribution >= 4 is 5.91 Å². The summed E-state index contributed by atoms with van der Waals surface area (Å²) in [4.78, 5) is 27.1. The number of pyridine rings is 1. The predicted octanol–water partition coefficient (Wildman–Crippen LogP) is 1.79. The minimum atomic E-state index is -0.318. The van der Waals surface area contributed by atoms with Crippen molar-refractivity contribution in [3.63, 3.8) is 0 Å². The molecule has 5 heteroatoms. The van der Waals surface area contributed by atoms with Gasteiger partial charge in [0, 0.05) is 31.4 Å².